The van der Waals surface area contributed by atoms with Crippen LogP contribution in [0.3, 0.4) is 0 Å². The van der Waals surface area contributed by atoms with Gasteiger partial charge in [-0.05, 0) is 49.3 Å². The number of carbonyl (C=O) groups excluding carboxylic acids is 1. The summed E-state index contributed by atoms with van der Waals surface area (Å²) in [4.78, 5) is 13.5. The predicted octanol–water partition coefficient (Wildman–Crippen LogP) is 3.62. The second-order valence-electron chi connectivity index (χ2n) is 6.17. The van der Waals surface area contributed by atoms with E-state index in [1.54, 1.807) is 6.20 Å². The van der Waals surface area contributed by atoms with E-state index in [0.717, 1.165) is 49.2 Å². The van der Waals surface area contributed by atoms with Crippen molar-refractivity contribution in [2.45, 2.75) is 26.2 Å². The van der Waals surface area contributed by atoms with Crippen LogP contribution in [0.2, 0.25) is 0 Å². The third-order valence-corrected chi connectivity index (χ3v) is 4.64. The van der Waals surface area contributed by atoms with Crippen molar-refractivity contribution >= 4 is 5.91 Å². The van der Waals surface area contributed by atoms with Crippen molar-refractivity contribution in [2.24, 2.45) is 5.92 Å². The van der Waals surface area contributed by atoms with Gasteiger partial charge in [0, 0.05) is 18.7 Å². The first-order valence-electron chi connectivity index (χ1n) is 8.09. The molecular weight excluding hydrogens is 288 g/mol. The van der Waals surface area contributed by atoms with Crippen LogP contribution >= 0.6 is 0 Å². The number of rotatable bonds is 4. The Hall–Kier alpha value is -2.36. The molecular formula is C19H22N2O2. The van der Waals surface area contributed by atoms with E-state index in [-0.39, 0.29) is 5.91 Å². The molecule has 23 heavy (non-hydrogen) atoms. The Balaban J connectivity index is 1.58. The van der Waals surface area contributed by atoms with Gasteiger partial charge in [-0.1, -0.05) is 36.0 Å². The van der Waals surface area contributed by atoms with Gasteiger partial charge in [0.25, 0.3) is 0 Å². The molecule has 0 saturated carbocycles. The van der Waals surface area contributed by atoms with Crippen LogP contribution in [0, 0.1) is 12.8 Å². The molecule has 1 aliphatic rings. The summed E-state index contributed by atoms with van der Waals surface area (Å²) >= 11 is 0. The maximum Gasteiger partial charge on any atom is 0.245 e. The molecule has 0 aliphatic carbocycles. The van der Waals surface area contributed by atoms with Crippen molar-refractivity contribution in [1.29, 1.82) is 0 Å². The molecule has 4 heteroatoms. The molecule has 2 heterocycles. The van der Waals surface area contributed by atoms with Crippen LogP contribution in [0.5, 0.6) is 0 Å². The molecule has 1 saturated heterocycles. The van der Waals surface area contributed by atoms with Crippen molar-refractivity contribution < 1.29 is 9.32 Å². The van der Waals surface area contributed by atoms with Crippen LogP contribution in [-0.4, -0.2) is 29.1 Å². The maximum atomic E-state index is 11.6. The van der Waals surface area contributed by atoms with E-state index in [9.17, 15) is 4.79 Å². The first kappa shape index (κ1) is 15.5. The molecule has 1 aliphatic heterocycles. The molecule has 0 N–H and O–H groups in total. The largest absolute Gasteiger partial charge is 0.361 e. The highest BCUT2D eigenvalue weighted by Gasteiger charge is 2.21. The van der Waals surface area contributed by atoms with Crippen molar-refractivity contribution in [2.75, 3.05) is 13.1 Å². The van der Waals surface area contributed by atoms with Gasteiger partial charge in [-0.2, -0.15) is 0 Å². The Labute approximate surface area is 136 Å². The number of benzene rings is 1. The van der Waals surface area contributed by atoms with Crippen molar-refractivity contribution in [3.05, 3.63) is 54.4 Å². The maximum absolute atomic E-state index is 11.6. The Kier molecular flexibility index (Phi) is 4.60. The van der Waals surface area contributed by atoms with Gasteiger partial charge in [-0.15, -0.1) is 0 Å². The van der Waals surface area contributed by atoms with Gasteiger partial charge in [-0.3, -0.25) is 4.79 Å². The van der Waals surface area contributed by atoms with Crippen molar-refractivity contribution in [3.8, 4) is 11.1 Å². The molecule has 0 bridgehead atoms. The SMILES string of the molecule is C=CC(=O)N1CCC(Cc2ccc(-c3cnoc3C)cc2)CC1. The summed E-state index contributed by atoms with van der Waals surface area (Å²) in [5.74, 6) is 1.54. The van der Waals surface area contributed by atoms with E-state index in [1.165, 1.54) is 11.6 Å². The topological polar surface area (TPSA) is 46.3 Å². The Morgan fingerprint density at radius 3 is 2.61 bits per heavy atom. The lowest BCUT2D eigenvalue weighted by molar-refractivity contribution is -0.127. The Morgan fingerprint density at radius 1 is 1.35 bits per heavy atom. The van der Waals surface area contributed by atoms with Crippen LogP contribution in [0.15, 0.2) is 47.6 Å². The second kappa shape index (κ2) is 6.82. The highest BCUT2D eigenvalue weighted by atomic mass is 16.5. The van der Waals surface area contributed by atoms with E-state index in [2.05, 4.69) is 36.0 Å². The van der Waals surface area contributed by atoms with Crippen molar-refractivity contribution in [3.63, 3.8) is 0 Å². The molecule has 1 aromatic heterocycles. The molecule has 2 aromatic rings. The van der Waals surface area contributed by atoms with Crippen LogP contribution in [-0.2, 0) is 11.2 Å². The summed E-state index contributed by atoms with van der Waals surface area (Å²) in [6.07, 6.45) is 6.36. The van der Waals surface area contributed by atoms with Crippen LogP contribution in [0.4, 0.5) is 0 Å². The molecule has 1 aromatic carbocycles. The summed E-state index contributed by atoms with van der Waals surface area (Å²) in [6.45, 7) is 7.16. The fourth-order valence-electron chi connectivity index (χ4n) is 3.22. The average Bonchev–Trinajstić information content (AvgIpc) is 3.01. The zero-order chi connectivity index (χ0) is 16.2. The highest BCUT2D eigenvalue weighted by Crippen LogP contribution is 2.26. The van der Waals surface area contributed by atoms with E-state index in [0.29, 0.717) is 5.92 Å². The molecule has 0 spiro atoms. The number of likely N-dealkylation sites (tertiary alicyclic amines) is 1. The number of hydrogen-bond acceptors (Lipinski definition) is 3. The lowest BCUT2D eigenvalue weighted by atomic mass is 9.89. The fraction of sp³-hybridized carbons (Fsp3) is 0.368. The zero-order valence-corrected chi connectivity index (χ0v) is 13.5. The zero-order valence-electron chi connectivity index (χ0n) is 13.5. The smallest absolute Gasteiger partial charge is 0.245 e. The summed E-state index contributed by atoms with van der Waals surface area (Å²) in [7, 11) is 0. The van der Waals surface area contributed by atoms with Gasteiger partial charge in [0.2, 0.25) is 5.91 Å². The summed E-state index contributed by atoms with van der Waals surface area (Å²) in [6, 6.07) is 8.63. The van der Waals surface area contributed by atoms with Crippen LogP contribution in [0.25, 0.3) is 11.1 Å². The highest BCUT2D eigenvalue weighted by molar-refractivity contribution is 5.87. The molecule has 1 fully saturated rings. The minimum Gasteiger partial charge on any atom is -0.361 e. The molecule has 0 radical (unpaired) electrons. The predicted molar refractivity (Wildman–Crippen MR) is 89.9 cm³/mol. The van der Waals surface area contributed by atoms with Gasteiger partial charge in [0.05, 0.1) is 6.20 Å². The third kappa shape index (κ3) is 3.52. The Bertz CT molecular complexity index is 680. The number of nitrogens with zero attached hydrogens (tertiary/aromatic N) is 2. The minimum atomic E-state index is 0.0527. The van der Waals surface area contributed by atoms with Crippen LogP contribution in [0.1, 0.15) is 24.2 Å². The summed E-state index contributed by atoms with van der Waals surface area (Å²) in [5, 5.41) is 3.83. The molecule has 0 unspecified atom stereocenters. The standard InChI is InChI=1S/C19H22N2O2/c1-3-19(22)21-10-8-16(9-11-21)12-15-4-6-17(7-5-15)18-13-20-23-14(18)2/h3-7,13,16H,1,8-12H2,2H3. The molecule has 120 valence electrons. The first-order valence-corrected chi connectivity index (χ1v) is 8.09. The van der Waals surface area contributed by atoms with Crippen molar-refractivity contribution in [1.82, 2.24) is 10.1 Å². The monoisotopic (exact) mass is 310 g/mol. The number of amides is 1. The quantitative estimate of drug-likeness (QED) is 0.810. The summed E-state index contributed by atoms with van der Waals surface area (Å²) < 4.78 is 5.12. The molecule has 0 atom stereocenters. The van der Waals surface area contributed by atoms with E-state index in [4.69, 9.17) is 4.52 Å². The minimum absolute atomic E-state index is 0.0527. The van der Waals surface area contributed by atoms with Gasteiger partial charge in [0.15, 0.2) is 0 Å². The number of hydrogen-bond donors (Lipinski definition) is 0. The van der Waals surface area contributed by atoms with E-state index >= 15 is 0 Å². The normalized spacial score (nSPS) is 15.6. The van der Waals surface area contributed by atoms with E-state index in [1.807, 2.05) is 11.8 Å². The summed E-state index contributed by atoms with van der Waals surface area (Å²) in [5.41, 5.74) is 3.53. The lowest BCUT2D eigenvalue weighted by Gasteiger charge is -2.31. The average molecular weight is 310 g/mol. The number of aromatic nitrogens is 1. The molecule has 4 nitrogen and oxygen atoms in total. The third-order valence-electron chi connectivity index (χ3n) is 4.64. The fourth-order valence-corrected chi connectivity index (χ4v) is 3.22. The molecule has 1 amide bonds. The lowest BCUT2D eigenvalue weighted by Crippen LogP contribution is -2.37. The number of piperidine rings is 1. The Morgan fingerprint density at radius 2 is 2.04 bits per heavy atom. The number of carbonyl (C=O) groups is 1. The van der Waals surface area contributed by atoms with E-state index < -0.39 is 0 Å². The van der Waals surface area contributed by atoms with Gasteiger partial charge in [-0.25, -0.2) is 0 Å². The van der Waals surface area contributed by atoms with Gasteiger partial charge >= 0.3 is 0 Å². The van der Waals surface area contributed by atoms with Crippen LogP contribution < -0.4 is 0 Å². The molecule has 3 rings (SSSR count). The van der Waals surface area contributed by atoms with Gasteiger partial charge in [0.1, 0.15) is 5.76 Å². The van der Waals surface area contributed by atoms with Gasteiger partial charge < -0.3 is 9.42 Å². The number of aryl methyl sites for hydroxylation is 1. The first-order chi connectivity index (χ1) is 11.2. The second-order valence-corrected chi connectivity index (χ2v) is 6.17.